The van der Waals surface area contributed by atoms with Crippen molar-refractivity contribution in [3.05, 3.63) is 0 Å². The number of likely N-dealkylation sites (tertiary alicyclic amines) is 1. The summed E-state index contributed by atoms with van der Waals surface area (Å²) < 4.78 is 0. The average Bonchev–Trinajstić information content (AvgIpc) is 2.53. The van der Waals surface area contributed by atoms with Gasteiger partial charge >= 0.3 is 5.97 Å². The van der Waals surface area contributed by atoms with Crippen molar-refractivity contribution in [1.82, 2.24) is 9.80 Å². The van der Waals surface area contributed by atoms with Crippen molar-refractivity contribution in [3.8, 4) is 0 Å². The van der Waals surface area contributed by atoms with Gasteiger partial charge in [0.25, 0.3) is 0 Å². The van der Waals surface area contributed by atoms with Crippen molar-refractivity contribution in [2.45, 2.75) is 52.4 Å². The summed E-state index contributed by atoms with van der Waals surface area (Å²) in [6.07, 6.45) is 4.62. The standard InChI is InChI=1S/C17H30N2O4/c1-4-6-13(7-5-2)16(21)18(3)12-15(20)19-10-8-14(9-11-19)17(22)23/h13-14H,4-12H2,1-3H3,(H,22,23). The lowest BCUT2D eigenvalue weighted by Crippen LogP contribution is -2.46. The van der Waals surface area contributed by atoms with Crippen molar-refractivity contribution in [3.63, 3.8) is 0 Å². The number of amides is 2. The van der Waals surface area contributed by atoms with Gasteiger partial charge in [-0.25, -0.2) is 0 Å². The number of likely N-dealkylation sites (N-methyl/N-ethyl adjacent to an activating group) is 1. The van der Waals surface area contributed by atoms with E-state index in [2.05, 4.69) is 13.8 Å². The quantitative estimate of drug-likeness (QED) is 0.740. The van der Waals surface area contributed by atoms with Gasteiger partial charge < -0.3 is 14.9 Å². The van der Waals surface area contributed by atoms with Crippen LogP contribution in [0.1, 0.15) is 52.4 Å². The van der Waals surface area contributed by atoms with Crippen LogP contribution in [0.3, 0.4) is 0 Å². The van der Waals surface area contributed by atoms with Gasteiger partial charge in [0, 0.05) is 26.1 Å². The lowest BCUT2D eigenvalue weighted by molar-refractivity contribution is -0.147. The molecule has 1 fully saturated rings. The summed E-state index contributed by atoms with van der Waals surface area (Å²) >= 11 is 0. The Morgan fingerprint density at radius 3 is 2.09 bits per heavy atom. The second kappa shape index (κ2) is 9.53. The minimum atomic E-state index is -0.786. The summed E-state index contributed by atoms with van der Waals surface area (Å²) in [6, 6.07) is 0. The van der Waals surface area contributed by atoms with Gasteiger partial charge in [0.05, 0.1) is 12.5 Å². The SMILES string of the molecule is CCCC(CCC)C(=O)N(C)CC(=O)N1CCC(C(=O)O)CC1. The molecule has 0 saturated carbocycles. The van der Waals surface area contributed by atoms with Crippen LogP contribution in [0.2, 0.25) is 0 Å². The highest BCUT2D eigenvalue weighted by Gasteiger charge is 2.29. The normalized spacial score (nSPS) is 15.7. The highest BCUT2D eigenvalue weighted by Crippen LogP contribution is 2.19. The van der Waals surface area contributed by atoms with E-state index in [4.69, 9.17) is 5.11 Å². The van der Waals surface area contributed by atoms with Crippen LogP contribution < -0.4 is 0 Å². The van der Waals surface area contributed by atoms with Crippen molar-refractivity contribution in [2.24, 2.45) is 11.8 Å². The first-order valence-corrected chi connectivity index (χ1v) is 8.66. The lowest BCUT2D eigenvalue weighted by Gasteiger charge is -2.32. The Morgan fingerprint density at radius 1 is 1.13 bits per heavy atom. The predicted octanol–water partition coefficient (Wildman–Crippen LogP) is 1.98. The van der Waals surface area contributed by atoms with Gasteiger partial charge in [0.2, 0.25) is 11.8 Å². The fraction of sp³-hybridized carbons (Fsp3) is 0.824. The van der Waals surface area contributed by atoms with E-state index in [0.717, 1.165) is 25.7 Å². The molecule has 0 aromatic heterocycles. The molecule has 0 atom stereocenters. The van der Waals surface area contributed by atoms with Crippen LogP contribution in [-0.2, 0) is 14.4 Å². The van der Waals surface area contributed by atoms with E-state index in [-0.39, 0.29) is 30.2 Å². The maximum atomic E-state index is 12.5. The number of carboxylic acids is 1. The molecule has 6 nitrogen and oxygen atoms in total. The van der Waals surface area contributed by atoms with Crippen molar-refractivity contribution < 1.29 is 19.5 Å². The van der Waals surface area contributed by atoms with Gasteiger partial charge in [-0.2, -0.15) is 0 Å². The number of carbonyl (C=O) groups is 3. The molecular formula is C17H30N2O4. The molecule has 0 spiro atoms. The van der Waals surface area contributed by atoms with Gasteiger partial charge in [-0.3, -0.25) is 14.4 Å². The van der Waals surface area contributed by atoms with E-state index in [9.17, 15) is 14.4 Å². The Labute approximate surface area is 138 Å². The highest BCUT2D eigenvalue weighted by molar-refractivity contribution is 5.86. The second-order valence-corrected chi connectivity index (χ2v) is 6.46. The zero-order valence-corrected chi connectivity index (χ0v) is 14.6. The molecule has 1 aliphatic heterocycles. The Morgan fingerprint density at radius 2 is 1.65 bits per heavy atom. The number of rotatable bonds is 8. The Bertz CT molecular complexity index is 411. The summed E-state index contributed by atoms with van der Waals surface area (Å²) in [4.78, 5) is 38.9. The number of hydrogen-bond acceptors (Lipinski definition) is 3. The van der Waals surface area contributed by atoms with Crippen LogP contribution in [0.5, 0.6) is 0 Å². The molecule has 0 radical (unpaired) electrons. The fourth-order valence-electron chi connectivity index (χ4n) is 3.16. The van der Waals surface area contributed by atoms with Crippen molar-refractivity contribution in [1.29, 1.82) is 0 Å². The van der Waals surface area contributed by atoms with Crippen LogP contribution in [0.15, 0.2) is 0 Å². The van der Waals surface area contributed by atoms with E-state index < -0.39 is 5.97 Å². The van der Waals surface area contributed by atoms with Crippen molar-refractivity contribution in [2.75, 3.05) is 26.7 Å². The van der Waals surface area contributed by atoms with Gasteiger partial charge in [-0.05, 0) is 25.7 Å². The number of nitrogens with zero attached hydrogens (tertiary/aromatic N) is 2. The molecule has 132 valence electrons. The summed E-state index contributed by atoms with van der Waals surface area (Å²) in [6.45, 7) is 5.14. The predicted molar refractivity (Wildman–Crippen MR) is 87.9 cm³/mol. The molecule has 6 heteroatoms. The molecule has 23 heavy (non-hydrogen) atoms. The van der Waals surface area contributed by atoms with Crippen LogP contribution in [-0.4, -0.2) is 59.4 Å². The summed E-state index contributed by atoms with van der Waals surface area (Å²) in [7, 11) is 1.68. The molecule has 1 aliphatic rings. The van der Waals surface area contributed by atoms with Crippen LogP contribution in [0.25, 0.3) is 0 Å². The number of hydrogen-bond donors (Lipinski definition) is 1. The zero-order valence-electron chi connectivity index (χ0n) is 14.6. The Balaban J connectivity index is 2.49. The third-order valence-corrected chi connectivity index (χ3v) is 4.57. The first-order valence-electron chi connectivity index (χ1n) is 8.66. The first-order chi connectivity index (χ1) is 10.9. The molecule has 1 heterocycles. The zero-order chi connectivity index (χ0) is 17.4. The second-order valence-electron chi connectivity index (χ2n) is 6.46. The summed E-state index contributed by atoms with van der Waals surface area (Å²) in [5.74, 6) is -1.18. The summed E-state index contributed by atoms with van der Waals surface area (Å²) in [5, 5.41) is 8.99. The third kappa shape index (κ3) is 5.84. The molecule has 0 aliphatic carbocycles. The molecule has 1 N–H and O–H groups in total. The van der Waals surface area contributed by atoms with Crippen LogP contribution >= 0.6 is 0 Å². The molecule has 1 rings (SSSR count). The maximum Gasteiger partial charge on any atom is 0.306 e. The third-order valence-electron chi connectivity index (χ3n) is 4.57. The number of carbonyl (C=O) groups excluding carboxylic acids is 2. The maximum absolute atomic E-state index is 12.5. The minimum absolute atomic E-state index is 0.000506. The summed E-state index contributed by atoms with van der Waals surface area (Å²) in [5.41, 5.74) is 0. The van der Waals surface area contributed by atoms with Crippen molar-refractivity contribution >= 4 is 17.8 Å². The number of carboxylic acid groups (broad SMARTS) is 1. The molecule has 2 amide bonds. The van der Waals surface area contributed by atoms with Gasteiger partial charge in [-0.15, -0.1) is 0 Å². The van der Waals surface area contributed by atoms with Gasteiger partial charge in [-0.1, -0.05) is 26.7 Å². The molecule has 0 bridgehead atoms. The van der Waals surface area contributed by atoms with Crippen LogP contribution in [0.4, 0.5) is 0 Å². The molecule has 0 unspecified atom stereocenters. The van der Waals surface area contributed by atoms with E-state index in [0.29, 0.717) is 25.9 Å². The monoisotopic (exact) mass is 326 g/mol. The highest BCUT2D eigenvalue weighted by atomic mass is 16.4. The molecule has 0 aromatic rings. The van der Waals surface area contributed by atoms with E-state index in [1.54, 1.807) is 11.9 Å². The number of aliphatic carboxylic acids is 1. The molecule has 1 saturated heterocycles. The van der Waals surface area contributed by atoms with Crippen LogP contribution in [0, 0.1) is 11.8 Å². The largest absolute Gasteiger partial charge is 0.481 e. The smallest absolute Gasteiger partial charge is 0.306 e. The lowest BCUT2D eigenvalue weighted by atomic mass is 9.96. The minimum Gasteiger partial charge on any atom is -0.481 e. The van der Waals surface area contributed by atoms with E-state index >= 15 is 0 Å². The Kier molecular flexibility index (Phi) is 8.06. The van der Waals surface area contributed by atoms with Gasteiger partial charge in [0.1, 0.15) is 0 Å². The topological polar surface area (TPSA) is 77.9 Å². The van der Waals surface area contributed by atoms with E-state index in [1.807, 2.05) is 0 Å². The average molecular weight is 326 g/mol. The fourth-order valence-corrected chi connectivity index (χ4v) is 3.16. The molecule has 0 aromatic carbocycles. The molecular weight excluding hydrogens is 296 g/mol. The number of piperidine rings is 1. The van der Waals surface area contributed by atoms with E-state index in [1.165, 1.54) is 4.90 Å². The van der Waals surface area contributed by atoms with Gasteiger partial charge in [0.15, 0.2) is 0 Å². The first kappa shape index (κ1) is 19.5. The Hall–Kier alpha value is -1.59.